The number of rotatable bonds is 12. The number of hydrogen-bond donors (Lipinski definition) is 5. The van der Waals surface area contributed by atoms with Crippen LogP contribution in [0.5, 0.6) is 0 Å². The molecule has 1 aliphatic heterocycles. The Bertz CT molecular complexity index is 420. The predicted octanol–water partition coefficient (Wildman–Crippen LogP) is -0.0349. The van der Waals surface area contributed by atoms with Gasteiger partial charge in [0.1, 0.15) is 12.2 Å². The van der Waals surface area contributed by atoms with Gasteiger partial charge in [0.15, 0.2) is 6.29 Å². The summed E-state index contributed by atoms with van der Waals surface area (Å²) < 4.78 is 11.3. The van der Waals surface area contributed by atoms with E-state index in [1.165, 1.54) is 0 Å². The Hall–Kier alpha value is -0.770. The molecule has 5 atom stereocenters. The van der Waals surface area contributed by atoms with Crippen molar-refractivity contribution in [3.05, 3.63) is 0 Å². The van der Waals surface area contributed by atoms with Crippen molar-refractivity contribution < 1.29 is 24.5 Å². The zero-order valence-corrected chi connectivity index (χ0v) is 17.2. The first kappa shape index (κ1) is 24.3. The van der Waals surface area contributed by atoms with Crippen LogP contribution in [-0.2, 0) is 14.3 Å². The number of carbonyl (C=O) groups excluding carboxylic acids is 1. The minimum absolute atomic E-state index is 0.0328. The maximum absolute atomic E-state index is 12.7. The van der Waals surface area contributed by atoms with Crippen LogP contribution < -0.4 is 16.4 Å². The van der Waals surface area contributed by atoms with Gasteiger partial charge in [0.05, 0.1) is 12.2 Å². The molecule has 0 aromatic carbocycles. The third-order valence-corrected chi connectivity index (χ3v) is 4.73. The molecule has 0 saturated carbocycles. The Labute approximate surface area is 163 Å². The van der Waals surface area contributed by atoms with Crippen LogP contribution in [-0.4, -0.2) is 73.0 Å². The van der Waals surface area contributed by atoms with Gasteiger partial charge in [-0.1, -0.05) is 13.8 Å². The van der Waals surface area contributed by atoms with E-state index in [0.717, 1.165) is 32.4 Å². The first-order valence-electron chi connectivity index (χ1n) is 10.1. The minimum atomic E-state index is -1.18. The van der Waals surface area contributed by atoms with Crippen LogP contribution in [0.25, 0.3) is 0 Å². The Morgan fingerprint density at radius 1 is 1.07 bits per heavy atom. The molecule has 0 aromatic rings. The molecule has 160 valence electrons. The second-order valence-corrected chi connectivity index (χ2v) is 7.80. The highest BCUT2D eigenvalue weighted by molar-refractivity contribution is 5.81. The summed E-state index contributed by atoms with van der Waals surface area (Å²) in [5, 5.41) is 27.0. The summed E-state index contributed by atoms with van der Waals surface area (Å²) in [5.41, 5.74) is 5.45. The molecule has 5 unspecified atom stereocenters. The molecular weight excluding hydrogens is 350 g/mol. The number of nitrogens with two attached hydrogens (primary N) is 1. The summed E-state index contributed by atoms with van der Waals surface area (Å²) in [6, 6.07) is 0. The fraction of sp³-hybridized carbons (Fsp3) is 0.947. The molecule has 8 nitrogen and oxygen atoms in total. The summed E-state index contributed by atoms with van der Waals surface area (Å²) in [4.78, 5) is 12.7. The van der Waals surface area contributed by atoms with Crippen molar-refractivity contribution in [2.75, 3.05) is 26.2 Å². The van der Waals surface area contributed by atoms with Gasteiger partial charge in [-0.15, -0.1) is 0 Å². The first-order chi connectivity index (χ1) is 12.8. The van der Waals surface area contributed by atoms with E-state index in [0.29, 0.717) is 13.1 Å². The van der Waals surface area contributed by atoms with Crippen molar-refractivity contribution in [3.8, 4) is 0 Å². The molecular formula is C19H39N3O5. The fourth-order valence-electron chi connectivity index (χ4n) is 3.29. The maximum Gasteiger partial charge on any atom is 0.249 e. The Morgan fingerprint density at radius 2 is 1.74 bits per heavy atom. The number of hydrogen-bond acceptors (Lipinski definition) is 7. The molecule has 0 spiro atoms. The van der Waals surface area contributed by atoms with Gasteiger partial charge < -0.3 is 36.1 Å². The monoisotopic (exact) mass is 389 g/mol. The second-order valence-electron chi connectivity index (χ2n) is 7.80. The molecule has 1 amide bonds. The van der Waals surface area contributed by atoms with E-state index in [9.17, 15) is 15.0 Å². The highest BCUT2D eigenvalue weighted by Gasteiger charge is 2.49. The summed E-state index contributed by atoms with van der Waals surface area (Å²) in [6.45, 7) is 10.4. The average Bonchev–Trinajstić information content (AvgIpc) is 2.60. The molecule has 27 heavy (non-hydrogen) atoms. The lowest BCUT2D eigenvalue weighted by Gasteiger charge is -2.44. The lowest BCUT2D eigenvalue weighted by atomic mass is 9.80. The Kier molecular flexibility index (Phi) is 11.4. The van der Waals surface area contributed by atoms with Crippen molar-refractivity contribution in [2.45, 2.75) is 77.7 Å². The van der Waals surface area contributed by atoms with Gasteiger partial charge in [-0.2, -0.15) is 0 Å². The van der Waals surface area contributed by atoms with E-state index in [4.69, 9.17) is 15.2 Å². The lowest BCUT2D eigenvalue weighted by Crippen LogP contribution is -2.61. The highest BCUT2D eigenvalue weighted by atomic mass is 16.7. The summed E-state index contributed by atoms with van der Waals surface area (Å²) in [5.74, 6) is -0.809. The van der Waals surface area contributed by atoms with E-state index in [-0.39, 0.29) is 17.9 Å². The van der Waals surface area contributed by atoms with Crippen LogP contribution in [0.2, 0.25) is 0 Å². The number of nitrogens with one attached hydrogen (secondary N) is 2. The largest absolute Gasteiger partial charge is 0.390 e. The van der Waals surface area contributed by atoms with Gasteiger partial charge in [0, 0.05) is 12.5 Å². The third kappa shape index (κ3) is 8.01. The zero-order chi connectivity index (χ0) is 20.4. The Morgan fingerprint density at radius 3 is 2.33 bits per heavy atom. The predicted molar refractivity (Wildman–Crippen MR) is 104 cm³/mol. The standard InChI is InChI=1S/C19H39N3O5/c1-12(2)14-15(23)16(24)19(26-13(3)4)27-17(14)18(25)22-11-7-10-21-9-6-5-8-20/h12-17,19,21,23-24H,5-11,20H2,1-4H3,(H,22,25). The molecule has 1 fully saturated rings. The van der Waals surface area contributed by atoms with Gasteiger partial charge in [0.25, 0.3) is 0 Å². The highest BCUT2D eigenvalue weighted by Crippen LogP contribution is 2.32. The summed E-state index contributed by atoms with van der Waals surface area (Å²) in [6.07, 6.45) is -1.48. The quantitative estimate of drug-likeness (QED) is 0.297. The molecule has 1 aliphatic rings. The molecule has 1 rings (SSSR count). The van der Waals surface area contributed by atoms with E-state index >= 15 is 0 Å². The van der Waals surface area contributed by atoms with Crippen molar-refractivity contribution in [1.82, 2.24) is 10.6 Å². The topological polar surface area (TPSA) is 126 Å². The van der Waals surface area contributed by atoms with Crippen LogP contribution in [0.3, 0.4) is 0 Å². The summed E-state index contributed by atoms with van der Waals surface area (Å²) in [7, 11) is 0. The van der Waals surface area contributed by atoms with Crippen molar-refractivity contribution in [2.24, 2.45) is 17.6 Å². The van der Waals surface area contributed by atoms with Crippen LogP contribution >= 0.6 is 0 Å². The molecule has 0 aromatic heterocycles. The molecule has 0 radical (unpaired) electrons. The van der Waals surface area contributed by atoms with Gasteiger partial charge >= 0.3 is 0 Å². The van der Waals surface area contributed by atoms with Gasteiger partial charge in [-0.3, -0.25) is 4.79 Å². The van der Waals surface area contributed by atoms with Crippen LogP contribution in [0.1, 0.15) is 47.0 Å². The molecule has 0 aliphatic carbocycles. The lowest BCUT2D eigenvalue weighted by molar-refractivity contribution is -0.293. The van der Waals surface area contributed by atoms with Gasteiger partial charge in [-0.25, -0.2) is 0 Å². The number of aliphatic hydroxyl groups excluding tert-OH is 2. The molecule has 1 heterocycles. The van der Waals surface area contributed by atoms with Crippen molar-refractivity contribution >= 4 is 5.91 Å². The normalized spacial score (nSPS) is 28.7. The average molecular weight is 390 g/mol. The van der Waals surface area contributed by atoms with Crippen molar-refractivity contribution in [1.29, 1.82) is 0 Å². The molecule has 8 heteroatoms. The van der Waals surface area contributed by atoms with Crippen LogP contribution in [0.15, 0.2) is 0 Å². The smallest absolute Gasteiger partial charge is 0.249 e. The van der Waals surface area contributed by atoms with E-state index in [1.807, 2.05) is 27.7 Å². The van der Waals surface area contributed by atoms with Gasteiger partial charge in [0.2, 0.25) is 5.91 Å². The maximum atomic E-state index is 12.7. The minimum Gasteiger partial charge on any atom is -0.390 e. The Balaban J connectivity index is 2.52. The second kappa shape index (κ2) is 12.6. The number of aliphatic hydroxyl groups is 2. The first-order valence-corrected chi connectivity index (χ1v) is 10.1. The molecule has 1 saturated heterocycles. The number of unbranched alkanes of at least 4 members (excludes halogenated alkanes) is 1. The fourth-order valence-corrected chi connectivity index (χ4v) is 3.29. The number of ether oxygens (including phenoxy) is 2. The number of carbonyl (C=O) groups is 1. The molecule has 6 N–H and O–H groups in total. The summed E-state index contributed by atoms with van der Waals surface area (Å²) >= 11 is 0. The van der Waals surface area contributed by atoms with Crippen LogP contribution in [0, 0.1) is 11.8 Å². The van der Waals surface area contributed by atoms with Crippen molar-refractivity contribution in [3.63, 3.8) is 0 Å². The molecule has 0 bridgehead atoms. The van der Waals surface area contributed by atoms with E-state index < -0.39 is 30.5 Å². The third-order valence-electron chi connectivity index (χ3n) is 4.73. The van der Waals surface area contributed by atoms with E-state index in [1.54, 1.807) is 0 Å². The zero-order valence-electron chi connectivity index (χ0n) is 17.2. The van der Waals surface area contributed by atoms with E-state index in [2.05, 4.69) is 10.6 Å². The number of amides is 1. The SMILES string of the molecule is CC(C)OC1OC(C(=O)NCCCNCCCCN)C(C(C)C)C(O)C1O. The van der Waals surface area contributed by atoms with Crippen LogP contribution in [0.4, 0.5) is 0 Å². The van der Waals surface area contributed by atoms with Gasteiger partial charge in [-0.05, 0) is 58.7 Å².